The molecule has 4 aromatic carbocycles. The highest BCUT2D eigenvalue weighted by Crippen LogP contribution is 2.36. The molecule has 0 saturated carbocycles. The minimum Gasteiger partial charge on any atom is -0.495 e. The number of Topliss-reactive ketones (excluding diaryl/α,β-unsaturated/α-hetero) is 1. The molecule has 0 bridgehead atoms. The van der Waals surface area contributed by atoms with Crippen LogP contribution in [0.4, 0.5) is 17.1 Å². The third kappa shape index (κ3) is 6.25. The molecule has 5 rings (SSSR count). The zero-order valence-corrected chi connectivity index (χ0v) is 24.7. The number of hydrogen-bond acceptors (Lipinski definition) is 8. The Morgan fingerprint density at radius 3 is 2.16 bits per heavy atom. The van der Waals surface area contributed by atoms with E-state index in [9.17, 15) is 14.4 Å². The van der Waals surface area contributed by atoms with Crippen molar-refractivity contribution in [3.05, 3.63) is 112 Å². The van der Waals surface area contributed by atoms with E-state index in [0.717, 1.165) is 0 Å². The van der Waals surface area contributed by atoms with E-state index in [2.05, 4.69) is 21.2 Å². The predicted octanol–water partition coefficient (Wildman–Crippen LogP) is 6.04. The Hall–Kier alpha value is -5.61. The van der Waals surface area contributed by atoms with Crippen LogP contribution in [0.1, 0.15) is 21.5 Å². The number of ketones is 1. The lowest BCUT2D eigenvalue weighted by molar-refractivity contribution is -0.116. The van der Waals surface area contributed by atoms with Crippen molar-refractivity contribution < 1.29 is 28.6 Å². The second kappa shape index (κ2) is 13.1. The molecule has 222 valence electrons. The molecule has 0 radical (unpaired) electrons. The van der Waals surface area contributed by atoms with Crippen molar-refractivity contribution in [3.63, 3.8) is 0 Å². The van der Waals surface area contributed by atoms with Crippen molar-refractivity contribution in [2.45, 2.75) is 0 Å². The van der Waals surface area contributed by atoms with Crippen molar-refractivity contribution in [3.8, 4) is 17.2 Å². The molecule has 0 spiro atoms. The van der Waals surface area contributed by atoms with Crippen LogP contribution in [0.3, 0.4) is 0 Å². The van der Waals surface area contributed by atoms with E-state index in [4.69, 9.17) is 25.8 Å². The van der Waals surface area contributed by atoms with Gasteiger partial charge in [0, 0.05) is 28.9 Å². The summed E-state index contributed by atoms with van der Waals surface area (Å²) in [6, 6.07) is 23.9. The highest BCUT2D eigenvalue weighted by Gasteiger charge is 2.31. The molecule has 1 aliphatic rings. The number of para-hydroxylation sites is 1. The number of anilines is 3. The Morgan fingerprint density at radius 2 is 1.43 bits per heavy atom. The molecule has 0 aliphatic heterocycles. The van der Waals surface area contributed by atoms with Gasteiger partial charge in [0.1, 0.15) is 23.0 Å². The third-order valence-corrected chi connectivity index (χ3v) is 7.02. The lowest BCUT2D eigenvalue weighted by atomic mass is 9.89. The average Bonchev–Trinajstić information content (AvgIpc) is 3.04. The fraction of sp³-hybridized carbons (Fsp3) is 0.0909. The molecule has 0 aromatic heterocycles. The minimum absolute atomic E-state index is 0.00454. The van der Waals surface area contributed by atoms with Gasteiger partial charge in [-0.05, 0) is 42.0 Å². The maximum Gasteiger partial charge on any atom is 0.259 e. The first-order valence-corrected chi connectivity index (χ1v) is 13.7. The number of amides is 2. The van der Waals surface area contributed by atoms with Crippen LogP contribution in [0.25, 0.3) is 6.08 Å². The molecule has 0 saturated heterocycles. The number of nitrogens with one attached hydrogen (secondary N) is 3. The first kappa shape index (κ1) is 29.9. The number of fused-ring (bicyclic) bond motifs is 1. The summed E-state index contributed by atoms with van der Waals surface area (Å²) >= 11 is 6.20. The van der Waals surface area contributed by atoms with Crippen LogP contribution in [0.2, 0.25) is 5.02 Å². The molecule has 3 N–H and O–H groups in total. The smallest absolute Gasteiger partial charge is 0.259 e. The summed E-state index contributed by atoms with van der Waals surface area (Å²) in [6.07, 6.45) is 1.50. The second-order valence-corrected chi connectivity index (χ2v) is 9.83. The van der Waals surface area contributed by atoms with E-state index in [1.165, 1.54) is 39.5 Å². The number of carbonyl (C=O) groups excluding carboxylic acids is 3. The van der Waals surface area contributed by atoms with Gasteiger partial charge < -0.3 is 24.8 Å². The van der Waals surface area contributed by atoms with Crippen molar-refractivity contribution in [1.82, 2.24) is 0 Å². The zero-order valence-electron chi connectivity index (χ0n) is 23.9. The minimum atomic E-state index is -0.683. The number of hydrogen-bond donors (Lipinski definition) is 3. The Morgan fingerprint density at radius 1 is 0.727 bits per heavy atom. The number of benzene rings is 4. The van der Waals surface area contributed by atoms with Crippen LogP contribution < -0.4 is 30.3 Å². The Bertz CT molecular complexity index is 1820. The summed E-state index contributed by atoms with van der Waals surface area (Å²) in [7, 11) is 4.35. The van der Waals surface area contributed by atoms with Crippen LogP contribution in [0, 0.1) is 0 Å². The number of rotatable bonds is 9. The van der Waals surface area contributed by atoms with E-state index in [0.29, 0.717) is 44.6 Å². The van der Waals surface area contributed by atoms with Gasteiger partial charge in [-0.15, -0.1) is 0 Å². The van der Waals surface area contributed by atoms with Crippen LogP contribution in [-0.4, -0.2) is 44.6 Å². The molecule has 2 amide bonds. The van der Waals surface area contributed by atoms with Crippen molar-refractivity contribution in [1.29, 1.82) is 0 Å². The van der Waals surface area contributed by atoms with Crippen LogP contribution in [-0.2, 0) is 9.59 Å². The van der Waals surface area contributed by atoms with Crippen LogP contribution in [0.5, 0.6) is 17.2 Å². The summed E-state index contributed by atoms with van der Waals surface area (Å²) in [5.74, 6) is -0.656. The van der Waals surface area contributed by atoms with Gasteiger partial charge in [0.2, 0.25) is 5.78 Å². The van der Waals surface area contributed by atoms with E-state index in [1.54, 1.807) is 54.6 Å². The summed E-state index contributed by atoms with van der Waals surface area (Å²) in [6.45, 7) is 0. The topological polar surface area (TPSA) is 127 Å². The van der Waals surface area contributed by atoms with E-state index < -0.39 is 11.7 Å². The van der Waals surface area contributed by atoms with Gasteiger partial charge in [0.25, 0.3) is 11.8 Å². The molecule has 0 fully saturated rings. The second-order valence-electron chi connectivity index (χ2n) is 9.42. The molecule has 1 aliphatic carbocycles. The summed E-state index contributed by atoms with van der Waals surface area (Å²) in [4.78, 5) is 40.1. The fourth-order valence-corrected chi connectivity index (χ4v) is 4.75. The quantitative estimate of drug-likeness (QED) is 0.156. The van der Waals surface area contributed by atoms with E-state index >= 15 is 0 Å². The first-order chi connectivity index (χ1) is 21.3. The number of halogens is 1. The van der Waals surface area contributed by atoms with Gasteiger partial charge in [0.05, 0.1) is 43.3 Å². The zero-order chi connectivity index (χ0) is 31.2. The average molecular weight is 611 g/mol. The highest BCUT2D eigenvalue weighted by molar-refractivity contribution is 6.59. The fourth-order valence-electron chi connectivity index (χ4n) is 4.51. The van der Waals surface area contributed by atoms with Gasteiger partial charge in [-0.25, -0.2) is 0 Å². The van der Waals surface area contributed by atoms with Crippen molar-refractivity contribution in [2.75, 3.05) is 37.4 Å². The molecular formula is C33H27ClN4O6. The predicted molar refractivity (Wildman–Crippen MR) is 170 cm³/mol. The lowest BCUT2D eigenvalue weighted by Crippen LogP contribution is -2.30. The Labute approximate surface area is 258 Å². The van der Waals surface area contributed by atoms with Gasteiger partial charge in [-0.3, -0.25) is 19.8 Å². The first-order valence-electron chi connectivity index (χ1n) is 13.3. The number of methoxy groups -OCH3 is 3. The Kier molecular flexibility index (Phi) is 8.92. The maximum absolute atomic E-state index is 13.7. The normalized spacial score (nSPS) is 13.0. The highest BCUT2D eigenvalue weighted by atomic mass is 35.5. The van der Waals surface area contributed by atoms with Gasteiger partial charge in [0.15, 0.2) is 0 Å². The van der Waals surface area contributed by atoms with Crippen molar-refractivity contribution in [2.24, 2.45) is 5.10 Å². The van der Waals surface area contributed by atoms with Gasteiger partial charge in [-0.2, -0.15) is 5.10 Å². The molecule has 44 heavy (non-hydrogen) atoms. The molecule has 0 atom stereocenters. The number of carbonyl (C=O) groups is 3. The Balaban J connectivity index is 1.45. The molecule has 10 nitrogen and oxygen atoms in total. The van der Waals surface area contributed by atoms with Crippen LogP contribution >= 0.6 is 11.6 Å². The van der Waals surface area contributed by atoms with Gasteiger partial charge >= 0.3 is 0 Å². The number of hydrazone groups is 1. The monoisotopic (exact) mass is 610 g/mol. The third-order valence-electron chi connectivity index (χ3n) is 6.72. The standard InChI is InChI=1S/C33H27ClN4O6/c1-42-27-14-13-20(32(40)35-21-10-5-4-6-11-21)16-26(27)37-38-30-22-12-8-7-9-19(22)15-23(31(30)39)33(41)36-25-18-28(43-2)24(34)17-29(25)44-3/h4-18,37H,1-3H3,(H,35,40)(H,36,41)/b38-30+. The van der Waals surface area contributed by atoms with E-state index in [-0.39, 0.29) is 28.6 Å². The SMILES string of the molecule is COc1cc(NC(=O)C2=Cc3ccccc3/C(=N\Nc3cc(C(=O)Nc4ccccc4)ccc3OC)C2=O)c(OC)cc1Cl. The van der Waals surface area contributed by atoms with Crippen LogP contribution in [0.15, 0.2) is 95.6 Å². The van der Waals surface area contributed by atoms with Gasteiger partial charge in [-0.1, -0.05) is 54.1 Å². The lowest BCUT2D eigenvalue weighted by Gasteiger charge is -2.19. The molecular weight excluding hydrogens is 584 g/mol. The largest absolute Gasteiger partial charge is 0.495 e. The molecule has 0 heterocycles. The summed E-state index contributed by atoms with van der Waals surface area (Å²) < 4.78 is 16.1. The maximum atomic E-state index is 13.7. The summed E-state index contributed by atoms with van der Waals surface area (Å²) in [5.41, 5.74) is 5.41. The molecule has 0 unspecified atom stereocenters. The van der Waals surface area contributed by atoms with E-state index in [1.807, 2.05) is 18.2 Å². The number of ether oxygens (including phenoxy) is 3. The van der Waals surface area contributed by atoms with Crippen molar-refractivity contribution >= 4 is 58.0 Å². The molecule has 4 aromatic rings. The molecule has 11 heteroatoms. The summed E-state index contributed by atoms with van der Waals surface area (Å²) in [5, 5.41) is 10.2. The number of nitrogens with zero attached hydrogens (tertiary/aromatic N) is 1.